The van der Waals surface area contributed by atoms with Crippen molar-refractivity contribution in [3.8, 4) is 0 Å². The van der Waals surface area contributed by atoms with E-state index in [9.17, 15) is 0 Å². The fourth-order valence-corrected chi connectivity index (χ4v) is 4.72. The van der Waals surface area contributed by atoms with E-state index in [4.69, 9.17) is 0 Å². The second kappa shape index (κ2) is 7.67. The van der Waals surface area contributed by atoms with Crippen molar-refractivity contribution in [3.63, 3.8) is 0 Å². The standard InChI is InChI=1S/C30H24/c1-23-29(22-28(24-14-6-2-7-15-24)25-16-8-3-9-17-25)30(23,26-18-10-4-11-19-26)27-20-12-5-13-21-27/h2-21,23H,1H3. The monoisotopic (exact) mass is 384 g/mol. The molecule has 1 fully saturated rings. The molecule has 5 rings (SSSR count). The van der Waals surface area contributed by atoms with Crippen LogP contribution in [0.2, 0.25) is 0 Å². The molecule has 0 bridgehead atoms. The highest BCUT2D eigenvalue weighted by Crippen LogP contribution is 2.63. The van der Waals surface area contributed by atoms with Crippen molar-refractivity contribution in [1.29, 1.82) is 0 Å². The Labute approximate surface area is 178 Å². The van der Waals surface area contributed by atoms with E-state index in [-0.39, 0.29) is 5.41 Å². The topological polar surface area (TPSA) is 0 Å². The van der Waals surface area contributed by atoms with Crippen LogP contribution in [-0.2, 0) is 5.41 Å². The Morgan fingerprint density at radius 3 is 1.33 bits per heavy atom. The Morgan fingerprint density at radius 2 is 0.933 bits per heavy atom. The predicted molar refractivity (Wildman–Crippen MR) is 125 cm³/mol. The molecule has 0 amide bonds. The third-order valence-corrected chi connectivity index (χ3v) is 6.27. The number of allylic oxidation sites excluding steroid dienone is 1. The lowest BCUT2D eigenvalue weighted by Crippen LogP contribution is -2.11. The maximum Gasteiger partial charge on any atom is 0.0558 e. The van der Waals surface area contributed by atoms with E-state index in [0.717, 1.165) is 5.57 Å². The molecule has 1 unspecified atom stereocenters. The number of hydrogen-bond acceptors (Lipinski definition) is 0. The molecule has 0 N–H and O–H groups in total. The van der Waals surface area contributed by atoms with Gasteiger partial charge in [0, 0.05) is 11.5 Å². The first-order chi connectivity index (χ1) is 14.8. The molecule has 144 valence electrons. The molecule has 4 aromatic carbocycles. The van der Waals surface area contributed by atoms with Gasteiger partial charge in [-0.3, -0.25) is 0 Å². The number of rotatable bonds is 4. The lowest BCUT2D eigenvalue weighted by Gasteiger charge is -2.17. The molecule has 0 radical (unpaired) electrons. The summed E-state index contributed by atoms with van der Waals surface area (Å²) in [7, 11) is 0. The minimum atomic E-state index is -0.114. The third-order valence-electron chi connectivity index (χ3n) is 6.27. The Hall–Kier alpha value is -3.60. The molecule has 0 aromatic heterocycles. The molecule has 0 saturated heterocycles. The van der Waals surface area contributed by atoms with Gasteiger partial charge in [-0.15, -0.1) is 5.73 Å². The summed E-state index contributed by atoms with van der Waals surface area (Å²) in [6.07, 6.45) is 0. The van der Waals surface area contributed by atoms with Crippen LogP contribution in [0.25, 0.3) is 5.57 Å². The molecular formula is C30H24. The Morgan fingerprint density at radius 1 is 0.567 bits per heavy atom. The van der Waals surface area contributed by atoms with E-state index >= 15 is 0 Å². The molecule has 0 spiro atoms. The van der Waals surface area contributed by atoms with E-state index in [1.807, 2.05) is 0 Å². The highest BCUT2D eigenvalue weighted by Gasteiger charge is 2.59. The summed E-state index contributed by atoms with van der Waals surface area (Å²) in [5.74, 6) is 0.393. The van der Waals surface area contributed by atoms with E-state index < -0.39 is 0 Å². The molecular weight excluding hydrogens is 360 g/mol. The van der Waals surface area contributed by atoms with Gasteiger partial charge in [0.2, 0.25) is 0 Å². The highest BCUT2D eigenvalue weighted by atomic mass is 14.6. The largest absolute Gasteiger partial charge is 0.111 e. The van der Waals surface area contributed by atoms with Crippen LogP contribution in [-0.4, -0.2) is 0 Å². The van der Waals surface area contributed by atoms with Crippen molar-refractivity contribution < 1.29 is 0 Å². The van der Waals surface area contributed by atoms with Crippen LogP contribution in [0.1, 0.15) is 29.2 Å². The molecule has 30 heavy (non-hydrogen) atoms. The fraction of sp³-hybridized carbons (Fsp3) is 0.100. The smallest absolute Gasteiger partial charge is 0.0558 e. The normalized spacial score (nSPS) is 16.6. The van der Waals surface area contributed by atoms with Gasteiger partial charge in [-0.25, -0.2) is 0 Å². The maximum absolute atomic E-state index is 3.89. The van der Waals surface area contributed by atoms with Gasteiger partial charge < -0.3 is 0 Å². The van der Waals surface area contributed by atoms with Gasteiger partial charge in [0.1, 0.15) is 0 Å². The summed E-state index contributed by atoms with van der Waals surface area (Å²) in [4.78, 5) is 0. The maximum atomic E-state index is 3.89. The molecule has 0 aliphatic heterocycles. The average molecular weight is 385 g/mol. The summed E-state index contributed by atoms with van der Waals surface area (Å²) in [5, 5.41) is 0. The van der Waals surface area contributed by atoms with E-state index in [1.54, 1.807) is 0 Å². The van der Waals surface area contributed by atoms with E-state index in [0.29, 0.717) is 5.92 Å². The predicted octanol–water partition coefficient (Wildman–Crippen LogP) is 7.28. The van der Waals surface area contributed by atoms with Gasteiger partial charge in [-0.1, -0.05) is 128 Å². The van der Waals surface area contributed by atoms with Crippen LogP contribution in [0.5, 0.6) is 0 Å². The average Bonchev–Trinajstić information content (AvgIpc) is 3.43. The molecule has 1 aliphatic rings. The van der Waals surface area contributed by atoms with Crippen molar-refractivity contribution in [1.82, 2.24) is 0 Å². The Bertz CT molecular complexity index is 1120. The summed E-state index contributed by atoms with van der Waals surface area (Å²) < 4.78 is 0. The highest BCUT2D eigenvalue weighted by molar-refractivity contribution is 5.81. The zero-order valence-corrected chi connectivity index (χ0v) is 17.1. The summed E-state index contributed by atoms with van der Waals surface area (Å²) in [6, 6.07) is 43.0. The van der Waals surface area contributed by atoms with Gasteiger partial charge in [0.15, 0.2) is 0 Å². The van der Waals surface area contributed by atoms with Gasteiger partial charge in [0.25, 0.3) is 0 Å². The number of hydrogen-bond donors (Lipinski definition) is 0. The first kappa shape index (κ1) is 18.4. The van der Waals surface area contributed by atoms with Crippen LogP contribution >= 0.6 is 0 Å². The lowest BCUT2D eigenvalue weighted by atomic mass is 9.85. The quantitative estimate of drug-likeness (QED) is 0.324. The molecule has 1 atom stereocenters. The van der Waals surface area contributed by atoms with Crippen molar-refractivity contribution in [2.75, 3.05) is 0 Å². The summed E-state index contributed by atoms with van der Waals surface area (Å²) in [5.41, 5.74) is 11.4. The first-order valence-electron chi connectivity index (χ1n) is 10.5. The van der Waals surface area contributed by atoms with E-state index in [2.05, 4.69) is 134 Å². The van der Waals surface area contributed by atoms with Gasteiger partial charge >= 0.3 is 0 Å². The summed E-state index contributed by atoms with van der Waals surface area (Å²) in [6.45, 7) is 2.33. The Kier molecular flexibility index (Phi) is 4.71. The number of benzene rings is 4. The first-order valence-corrected chi connectivity index (χ1v) is 10.5. The van der Waals surface area contributed by atoms with Crippen LogP contribution in [0.15, 0.2) is 133 Å². The molecule has 0 nitrogen and oxygen atoms in total. The van der Waals surface area contributed by atoms with Crippen molar-refractivity contribution in [2.24, 2.45) is 5.92 Å². The zero-order chi connectivity index (χ0) is 20.4. The second-order valence-corrected chi connectivity index (χ2v) is 7.91. The molecule has 0 heterocycles. The van der Waals surface area contributed by atoms with Crippen molar-refractivity contribution in [3.05, 3.63) is 155 Å². The van der Waals surface area contributed by atoms with Gasteiger partial charge in [-0.2, -0.15) is 0 Å². The van der Waals surface area contributed by atoms with E-state index in [1.165, 1.54) is 27.8 Å². The van der Waals surface area contributed by atoms with Gasteiger partial charge in [-0.05, 0) is 27.8 Å². The molecule has 4 aromatic rings. The minimum Gasteiger partial charge on any atom is -0.111 e. The molecule has 0 heteroatoms. The van der Waals surface area contributed by atoms with Crippen LogP contribution in [0.4, 0.5) is 0 Å². The van der Waals surface area contributed by atoms with Crippen LogP contribution in [0.3, 0.4) is 0 Å². The summed E-state index contributed by atoms with van der Waals surface area (Å²) >= 11 is 0. The Balaban J connectivity index is 1.79. The minimum absolute atomic E-state index is 0.114. The van der Waals surface area contributed by atoms with Crippen molar-refractivity contribution in [2.45, 2.75) is 12.3 Å². The third kappa shape index (κ3) is 3.03. The lowest BCUT2D eigenvalue weighted by molar-refractivity contribution is 0.752. The SMILES string of the molecule is CC1C(=C=C(c2ccccc2)c2ccccc2)C1(c1ccccc1)c1ccccc1. The van der Waals surface area contributed by atoms with Crippen LogP contribution in [0, 0.1) is 5.92 Å². The fourth-order valence-electron chi connectivity index (χ4n) is 4.72. The van der Waals surface area contributed by atoms with Crippen LogP contribution < -0.4 is 0 Å². The molecule has 1 saturated carbocycles. The zero-order valence-electron chi connectivity index (χ0n) is 17.1. The molecule has 1 aliphatic carbocycles. The van der Waals surface area contributed by atoms with Crippen molar-refractivity contribution >= 4 is 5.57 Å². The second-order valence-electron chi connectivity index (χ2n) is 7.91. The van der Waals surface area contributed by atoms with Gasteiger partial charge in [0.05, 0.1) is 5.41 Å².